The normalized spacial score (nSPS) is 10.8. The van der Waals surface area contributed by atoms with Crippen LogP contribution in [0.25, 0.3) is 16.1 Å². The Morgan fingerprint density at radius 1 is 1.24 bits per heavy atom. The summed E-state index contributed by atoms with van der Waals surface area (Å²) in [5, 5.41) is 18.5. The van der Waals surface area contributed by atoms with Gasteiger partial charge in [0.15, 0.2) is 5.65 Å². The predicted octanol–water partition coefficient (Wildman–Crippen LogP) is 4.52. The maximum Gasteiger partial charge on any atom is 0.224 e. The number of para-hydroxylation sites is 1. The number of nitriles is 1. The highest BCUT2D eigenvalue weighted by Crippen LogP contribution is 2.31. The summed E-state index contributed by atoms with van der Waals surface area (Å²) in [6, 6.07) is 14.0. The van der Waals surface area contributed by atoms with E-state index in [0.717, 1.165) is 33.1 Å². The first-order valence-corrected chi connectivity index (χ1v) is 10.1. The molecule has 1 amide bonds. The molecule has 1 aromatic carbocycles. The minimum Gasteiger partial charge on any atom is -0.325 e. The Kier molecular flexibility index (Phi) is 5.10. The largest absolute Gasteiger partial charge is 0.325 e. The number of nitrogens with one attached hydrogen (secondary N) is 1. The molecule has 6 nitrogen and oxygen atoms in total. The molecule has 3 aromatic heterocycles. The van der Waals surface area contributed by atoms with Gasteiger partial charge in [0.1, 0.15) is 11.6 Å². The van der Waals surface area contributed by atoms with Crippen LogP contribution in [0.1, 0.15) is 28.9 Å². The fourth-order valence-corrected chi connectivity index (χ4v) is 4.21. The van der Waals surface area contributed by atoms with Gasteiger partial charge < -0.3 is 5.32 Å². The Morgan fingerprint density at radius 3 is 2.83 bits per heavy atom. The van der Waals surface area contributed by atoms with Crippen LogP contribution < -0.4 is 5.32 Å². The lowest BCUT2D eigenvalue weighted by Crippen LogP contribution is -2.14. The average molecular weight is 401 g/mol. The van der Waals surface area contributed by atoms with Crippen LogP contribution in [0.3, 0.4) is 0 Å². The first-order valence-electron chi connectivity index (χ1n) is 9.25. The van der Waals surface area contributed by atoms with E-state index in [1.165, 1.54) is 6.20 Å². The molecule has 1 N–H and O–H groups in total. The van der Waals surface area contributed by atoms with Crippen LogP contribution in [-0.2, 0) is 11.2 Å². The summed E-state index contributed by atoms with van der Waals surface area (Å²) in [7, 11) is 0. The number of hydrogen-bond acceptors (Lipinski definition) is 5. The number of carbonyl (C=O) groups excluding carboxylic acids is 1. The van der Waals surface area contributed by atoms with E-state index in [0.29, 0.717) is 24.1 Å². The number of nitrogens with zero attached hydrogens (tertiary/aromatic N) is 4. The Morgan fingerprint density at radius 2 is 2.07 bits per heavy atom. The minimum absolute atomic E-state index is 0.0499. The molecule has 29 heavy (non-hydrogen) atoms. The summed E-state index contributed by atoms with van der Waals surface area (Å²) in [5.41, 5.74) is 5.54. The highest BCUT2D eigenvalue weighted by Gasteiger charge is 2.15. The SMILES string of the molecule is Cc1nc2c(C#N)cnn2c(C)c1CCC(=O)Nc1ccccc1-c1cccs1. The molecule has 0 saturated heterocycles. The molecule has 0 bridgehead atoms. The van der Waals surface area contributed by atoms with E-state index < -0.39 is 0 Å². The van der Waals surface area contributed by atoms with E-state index in [1.54, 1.807) is 15.9 Å². The summed E-state index contributed by atoms with van der Waals surface area (Å²) < 4.78 is 1.67. The highest BCUT2D eigenvalue weighted by molar-refractivity contribution is 7.13. The van der Waals surface area contributed by atoms with Gasteiger partial charge in [0, 0.05) is 33.9 Å². The molecule has 0 unspecified atom stereocenters. The third-order valence-electron chi connectivity index (χ3n) is 4.92. The van der Waals surface area contributed by atoms with Gasteiger partial charge in [0.2, 0.25) is 5.91 Å². The van der Waals surface area contributed by atoms with Crippen molar-refractivity contribution in [1.29, 1.82) is 5.26 Å². The number of amides is 1. The molecule has 0 aliphatic heterocycles. The first-order chi connectivity index (χ1) is 14.1. The Hall–Kier alpha value is -3.50. The molecular formula is C22H19N5OS. The zero-order valence-electron chi connectivity index (χ0n) is 16.1. The van der Waals surface area contributed by atoms with Crippen LogP contribution in [0, 0.1) is 25.2 Å². The summed E-state index contributed by atoms with van der Waals surface area (Å²) >= 11 is 1.64. The minimum atomic E-state index is -0.0499. The fourth-order valence-electron chi connectivity index (χ4n) is 3.44. The van der Waals surface area contributed by atoms with Gasteiger partial charge in [-0.3, -0.25) is 4.79 Å². The standard InChI is InChI=1S/C22H19N5OS/c1-14-17(15(2)27-22(25-14)16(12-23)13-24-27)9-10-21(28)26-19-7-4-3-6-18(19)20-8-5-11-29-20/h3-8,11,13H,9-10H2,1-2H3,(H,26,28). The summed E-state index contributed by atoms with van der Waals surface area (Å²) in [6.45, 7) is 3.84. The molecular weight excluding hydrogens is 382 g/mol. The molecule has 4 rings (SSSR count). The van der Waals surface area contributed by atoms with Crippen molar-refractivity contribution in [1.82, 2.24) is 14.6 Å². The molecule has 0 fully saturated rings. The average Bonchev–Trinajstić information content (AvgIpc) is 3.38. The van der Waals surface area contributed by atoms with Gasteiger partial charge in [0.05, 0.1) is 6.20 Å². The van der Waals surface area contributed by atoms with Crippen molar-refractivity contribution >= 4 is 28.6 Å². The second-order valence-electron chi connectivity index (χ2n) is 6.74. The molecule has 7 heteroatoms. The van der Waals surface area contributed by atoms with Crippen molar-refractivity contribution in [2.24, 2.45) is 0 Å². The Bertz CT molecular complexity index is 1230. The lowest BCUT2D eigenvalue weighted by Gasteiger charge is -2.12. The van der Waals surface area contributed by atoms with Crippen LogP contribution >= 0.6 is 11.3 Å². The van der Waals surface area contributed by atoms with Crippen LogP contribution in [0.2, 0.25) is 0 Å². The summed E-state index contributed by atoms with van der Waals surface area (Å²) in [4.78, 5) is 18.3. The number of hydrogen-bond donors (Lipinski definition) is 1. The molecule has 0 spiro atoms. The third-order valence-corrected chi connectivity index (χ3v) is 5.82. The second-order valence-corrected chi connectivity index (χ2v) is 7.69. The monoisotopic (exact) mass is 401 g/mol. The predicted molar refractivity (Wildman–Crippen MR) is 114 cm³/mol. The number of benzene rings is 1. The van der Waals surface area contributed by atoms with Crippen LogP contribution in [-0.4, -0.2) is 20.5 Å². The van der Waals surface area contributed by atoms with Gasteiger partial charge in [0.25, 0.3) is 0 Å². The molecule has 144 valence electrons. The number of rotatable bonds is 5. The van der Waals surface area contributed by atoms with Crippen molar-refractivity contribution < 1.29 is 4.79 Å². The quantitative estimate of drug-likeness (QED) is 0.533. The van der Waals surface area contributed by atoms with Crippen LogP contribution in [0.15, 0.2) is 48.0 Å². The number of anilines is 1. The molecule has 3 heterocycles. The smallest absolute Gasteiger partial charge is 0.224 e. The number of aryl methyl sites for hydroxylation is 2. The fraction of sp³-hybridized carbons (Fsp3) is 0.182. The van der Waals surface area contributed by atoms with E-state index >= 15 is 0 Å². The number of aromatic nitrogens is 3. The van der Waals surface area contributed by atoms with E-state index in [4.69, 9.17) is 0 Å². The first kappa shape index (κ1) is 18.8. The maximum atomic E-state index is 12.7. The van der Waals surface area contributed by atoms with Crippen molar-refractivity contribution in [2.75, 3.05) is 5.32 Å². The summed E-state index contributed by atoms with van der Waals surface area (Å²) in [5.74, 6) is -0.0499. The topological polar surface area (TPSA) is 83.1 Å². The van der Waals surface area contributed by atoms with Crippen molar-refractivity contribution in [3.05, 3.63) is 70.5 Å². The maximum absolute atomic E-state index is 12.7. The zero-order chi connectivity index (χ0) is 20.4. The molecule has 0 saturated carbocycles. The van der Waals surface area contributed by atoms with Crippen LogP contribution in [0.4, 0.5) is 5.69 Å². The number of fused-ring (bicyclic) bond motifs is 1. The van der Waals surface area contributed by atoms with Crippen molar-refractivity contribution in [3.63, 3.8) is 0 Å². The molecule has 0 radical (unpaired) electrons. The summed E-state index contributed by atoms with van der Waals surface area (Å²) in [6.07, 6.45) is 2.40. The van der Waals surface area contributed by atoms with Crippen molar-refractivity contribution in [3.8, 4) is 16.5 Å². The second kappa shape index (κ2) is 7.86. The zero-order valence-corrected chi connectivity index (χ0v) is 17.0. The van der Waals surface area contributed by atoms with Gasteiger partial charge >= 0.3 is 0 Å². The number of thiophene rings is 1. The van der Waals surface area contributed by atoms with E-state index in [2.05, 4.69) is 21.5 Å². The van der Waals surface area contributed by atoms with E-state index in [-0.39, 0.29) is 5.91 Å². The Balaban J connectivity index is 1.52. The van der Waals surface area contributed by atoms with Gasteiger partial charge in [-0.15, -0.1) is 11.3 Å². The van der Waals surface area contributed by atoms with E-state index in [9.17, 15) is 10.1 Å². The van der Waals surface area contributed by atoms with Crippen LogP contribution in [0.5, 0.6) is 0 Å². The third kappa shape index (κ3) is 3.62. The van der Waals surface area contributed by atoms with Gasteiger partial charge in [-0.25, -0.2) is 9.50 Å². The lowest BCUT2D eigenvalue weighted by molar-refractivity contribution is -0.116. The Labute approximate surface area is 172 Å². The van der Waals surface area contributed by atoms with Gasteiger partial charge in [-0.2, -0.15) is 10.4 Å². The number of carbonyl (C=O) groups is 1. The molecule has 0 aliphatic rings. The molecule has 0 atom stereocenters. The molecule has 0 aliphatic carbocycles. The lowest BCUT2D eigenvalue weighted by atomic mass is 10.1. The van der Waals surface area contributed by atoms with Gasteiger partial charge in [-0.05, 0) is 43.3 Å². The van der Waals surface area contributed by atoms with E-state index in [1.807, 2.05) is 55.6 Å². The van der Waals surface area contributed by atoms with Gasteiger partial charge in [-0.1, -0.05) is 24.3 Å². The highest BCUT2D eigenvalue weighted by atomic mass is 32.1. The van der Waals surface area contributed by atoms with Crippen molar-refractivity contribution in [2.45, 2.75) is 26.7 Å². The molecule has 4 aromatic rings.